The molecule has 2 nitrogen and oxygen atoms in total. The Kier molecular flexibility index (Phi) is 2.33. The summed E-state index contributed by atoms with van der Waals surface area (Å²) in [6.07, 6.45) is 1.67. The predicted molar refractivity (Wildman–Crippen MR) is 59.7 cm³/mol. The number of nitrogen functional groups attached to an aromatic ring is 1. The lowest BCUT2D eigenvalue weighted by atomic mass is 10.3. The number of pyridine rings is 1. The summed E-state index contributed by atoms with van der Waals surface area (Å²) in [6.45, 7) is 0. The van der Waals surface area contributed by atoms with Crippen LogP contribution in [0.15, 0.2) is 34.2 Å². The molecule has 0 aliphatic heterocycles. The van der Waals surface area contributed by atoms with Crippen molar-refractivity contribution in [1.29, 1.82) is 0 Å². The SMILES string of the molecule is Nc1cnc(-c2cccs2)cc1Br. The van der Waals surface area contributed by atoms with Crippen molar-refractivity contribution in [2.45, 2.75) is 0 Å². The highest BCUT2D eigenvalue weighted by Crippen LogP contribution is 2.27. The van der Waals surface area contributed by atoms with E-state index < -0.39 is 0 Å². The van der Waals surface area contributed by atoms with Gasteiger partial charge in [-0.05, 0) is 33.4 Å². The van der Waals surface area contributed by atoms with E-state index in [1.165, 1.54) is 0 Å². The summed E-state index contributed by atoms with van der Waals surface area (Å²) >= 11 is 5.04. The van der Waals surface area contributed by atoms with Crippen LogP contribution in [0.2, 0.25) is 0 Å². The molecule has 0 aliphatic rings. The molecule has 2 heterocycles. The van der Waals surface area contributed by atoms with E-state index in [0.29, 0.717) is 5.69 Å². The number of halogens is 1. The molecule has 2 N–H and O–H groups in total. The second-order valence-electron chi connectivity index (χ2n) is 2.57. The largest absolute Gasteiger partial charge is 0.397 e. The average Bonchev–Trinajstić information content (AvgIpc) is 2.62. The Bertz CT molecular complexity index is 412. The molecular formula is C9H7BrN2S. The first kappa shape index (κ1) is 8.72. The first-order valence-corrected chi connectivity index (χ1v) is 5.39. The zero-order valence-corrected chi connectivity index (χ0v) is 9.10. The second-order valence-corrected chi connectivity index (χ2v) is 4.37. The third kappa shape index (κ3) is 1.73. The number of nitrogens with two attached hydrogens (primary N) is 1. The fourth-order valence-electron chi connectivity index (χ4n) is 1.00. The second kappa shape index (κ2) is 3.47. The van der Waals surface area contributed by atoms with Crippen molar-refractivity contribution in [3.63, 3.8) is 0 Å². The van der Waals surface area contributed by atoms with Gasteiger partial charge in [0.15, 0.2) is 0 Å². The summed E-state index contributed by atoms with van der Waals surface area (Å²) in [7, 11) is 0. The molecule has 4 heteroatoms. The molecule has 0 aliphatic carbocycles. The van der Waals surface area contributed by atoms with Crippen LogP contribution in [0.25, 0.3) is 10.6 Å². The van der Waals surface area contributed by atoms with Gasteiger partial charge in [-0.15, -0.1) is 11.3 Å². The minimum absolute atomic E-state index is 0.667. The van der Waals surface area contributed by atoms with Crippen molar-refractivity contribution in [2.24, 2.45) is 0 Å². The van der Waals surface area contributed by atoms with Gasteiger partial charge in [-0.2, -0.15) is 0 Å². The number of hydrogen-bond donors (Lipinski definition) is 1. The molecule has 0 spiro atoms. The van der Waals surface area contributed by atoms with Crippen molar-refractivity contribution in [3.8, 4) is 10.6 Å². The van der Waals surface area contributed by atoms with E-state index in [1.807, 2.05) is 23.6 Å². The van der Waals surface area contributed by atoms with Crippen molar-refractivity contribution >= 4 is 33.0 Å². The van der Waals surface area contributed by atoms with Gasteiger partial charge in [0, 0.05) is 4.47 Å². The fourth-order valence-corrected chi connectivity index (χ4v) is 2.01. The monoisotopic (exact) mass is 254 g/mol. The Labute approximate surface area is 88.6 Å². The first-order valence-electron chi connectivity index (χ1n) is 3.72. The molecule has 0 amide bonds. The zero-order chi connectivity index (χ0) is 9.26. The van der Waals surface area contributed by atoms with Crippen molar-refractivity contribution < 1.29 is 0 Å². The Morgan fingerprint density at radius 3 is 2.92 bits per heavy atom. The van der Waals surface area contributed by atoms with Crippen molar-refractivity contribution in [2.75, 3.05) is 5.73 Å². The molecule has 66 valence electrons. The van der Waals surface area contributed by atoms with Crippen LogP contribution in [0.4, 0.5) is 5.69 Å². The van der Waals surface area contributed by atoms with Gasteiger partial charge in [-0.1, -0.05) is 6.07 Å². The van der Waals surface area contributed by atoms with Gasteiger partial charge in [-0.25, -0.2) is 0 Å². The highest BCUT2D eigenvalue weighted by atomic mass is 79.9. The quantitative estimate of drug-likeness (QED) is 0.850. The van der Waals surface area contributed by atoms with Gasteiger partial charge in [-0.3, -0.25) is 4.98 Å². The topological polar surface area (TPSA) is 38.9 Å². The molecule has 0 saturated heterocycles. The lowest BCUT2D eigenvalue weighted by Gasteiger charge is -1.99. The van der Waals surface area contributed by atoms with Crippen LogP contribution in [0, 0.1) is 0 Å². The van der Waals surface area contributed by atoms with Gasteiger partial charge >= 0.3 is 0 Å². The van der Waals surface area contributed by atoms with E-state index in [1.54, 1.807) is 17.5 Å². The number of hydrogen-bond acceptors (Lipinski definition) is 3. The number of nitrogens with zero attached hydrogens (tertiary/aromatic N) is 1. The predicted octanol–water partition coefficient (Wildman–Crippen LogP) is 3.15. The third-order valence-electron chi connectivity index (χ3n) is 1.66. The first-order chi connectivity index (χ1) is 6.27. The maximum atomic E-state index is 5.64. The summed E-state index contributed by atoms with van der Waals surface area (Å²) in [5.41, 5.74) is 7.26. The zero-order valence-electron chi connectivity index (χ0n) is 6.70. The molecular weight excluding hydrogens is 248 g/mol. The van der Waals surface area contributed by atoms with Crippen LogP contribution in [-0.4, -0.2) is 4.98 Å². The number of aromatic nitrogens is 1. The summed E-state index contributed by atoms with van der Waals surface area (Å²) < 4.78 is 0.894. The van der Waals surface area contributed by atoms with E-state index in [9.17, 15) is 0 Å². The highest BCUT2D eigenvalue weighted by Gasteiger charge is 2.02. The third-order valence-corrected chi connectivity index (χ3v) is 3.23. The van der Waals surface area contributed by atoms with Crippen LogP contribution < -0.4 is 5.73 Å². The molecule has 0 unspecified atom stereocenters. The molecule has 2 aromatic rings. The van der Waals surface area contributed by atoms with Crippen LogP contribution in [0.5, 0.6) is 0 Å². The van der Waals surface area contributed by atoms with E-state index in [-0.39, 0.29) is 0 Å². The van der Waals surface area contributed by atoms with Crippen LogP contribution in [-0.2, 0) is 0 Å². The molecule has 0 atom stereocenters. The fraction of sp³-hybridized carbons (Fsp3) is 0. The Morgan fingerprint density at radius 1 is 1.46 bits per heavy atom. The minimum atomic E-state index is 0.667. The van der Waals surface area contributed by atoms with Crippen LogP contribution >= 0.6 is 27.3 Å². The summed E-state index contributed by atoms with van der Waals surface area (Å²) in [5.74, 6) is 0. The van der Waals surface area contributed by atoms with Crippen molar-refractivity contribution in [3.05, 3.63) is 34.2 Å². The molecule has 0 saturated carbocycles. The molecule has 0 fully saturated rings. The number of anilines is 1. The van der Waals surface area contributed by atoms with E-state index in [4.69, 9.17) is 5.73 Å². The number of thiophene rings is 1. The van der Waals surface area contributed by atoms with E-state index in [0.717, 1.165) is 15.0 Å². The van der Waals surface area contributed by atoms with Gasteiger partial charge in [0.25, 0.3) is 0 Å². The Hall–Kier alpha value is -0.870. The number of rotatable bonds is 1. The lowest BCUT2D eigenvalue weighted by Crippen LogP contribution is -1.89. The van der Waals surface area contributed by atoms with E-state index >= 15 is 0 Å². The van der Waals surface area contributed by atoms with Crippen LogP contribution in [0.1, 0.15) is 0 Å². The van der Waals surface area contributed by atoms with Gasteiger partial charge in [0.2, 0.25) is 0 Å². The maximum absolute atomic E-state index is 5.64. The average molecular weight is 255 g/mol. The van der Waals surface area contributed by atoms with Gasteiger partial charge < -0.3 is 5.73 Å². The van der Waals surface area contributed by atoms with E-state index in [2.05, 4.69) is 20.9 Å². The molecule has 0 bridgehead atoms. The smallest absolute Gasteiger partial charge is 0.0814 e. The summed E-state index contributed by atoms with van der Waals surface area (Å²) in [6, 6.07) is 5.97. The maximum Gasteiger partial charge on any atom is 0.0814 e. The molecule has 13 heavy (non-hydrogen) atoms. The standard InChI is InChI=1S/C9H7BrN2S/c10-6-4-8(12-5-7(6)11)9-2-1-3-13-9/h1-5H,11H2. The van der Waals surface area contributed by atoms with Gasteiger partial charge in [0.05, 0.1) is 22.5 Å². The Morgan fingerprint density at radius 2 is 2.31 bits per heavy atom. The normalized spacial score (nSPS) is 10.2. The molecule has 2 rings (SSSR count). The molecule has 0 aromatic carbocycles. The van der Waals surface area contributed by atoms with Crippen LogP contribution in [0.3, 0.4) is 0 Å². The minimum Gasteiger partial charge on any atom is -0.397 e. The molecule has 2 aromatic heterocycles. The lowest BCUT2D eigenvalue weighted by molar-refractivity contribution is 1.33. The van der Waals surface area contributed by atoms with Crippen molar-refractivity contribution in [1.82, 2.24) is 4.98 Å². The summed E-state index contributed by atoms with van der Waals surface area (Å²) in [4.78, 5) is 5.39. The van der Waals surface area contributed by atoms with Gasteiger partial charge in [0.1, 0.15) is 0 Å². The molecule has 0 radical (unpaired) electrons. The highest BCUT2D eigenvalue weighted by molar-refractivity contribution is 9.10. The summed E-state index contributed by atoms with van der Waals surface area (Å²) in [5, 5.41) is 2.03. The Balaban J connectivity index is 2.49.